The monoisotopic (exact) mass is 553 g/mol. The normalized spacial score (nSPS) is 21.4. The number of amides is 1. The first kappa shape index (κ1) is 27.9. The van der Waals surface area contributed by atoms with Gasteiger partial charge in [0.2, 0.25) is 0 Å². The molecule has 0 saturated carbocycles. The van der Waals surface area contributed by atoms with Crippen molar-refractivity contribution >= 4 is 29.0 Å². The van der Waals surface area contributed by atoms with E-state index < -0.39 is 73.3 Å². The van der Waals surface area contributed by atoms with Crippen LogP contribution in [0.1, 0.15) is 12.6 Å². The fraction of sp³-hybridized carbons (Fsp3) is 0.529. The molecule has 37 heavy (non-hydrogen) atoms. The Morgan fingerprint density at radius 1 is 1.00 bits per heavy atom. The second-order valence-electron chi connectivity index (χ2n) is 7.32. The van der Waals surface area contributed by atoms with E-state index in [1.54, 1.807) is 0 Å². The Hall–Kier alpha value is -3.71. The Balaban J connectivity index is 1.95. The molecule has 1 fully saturated rings. The van der Waals surface area contributed by atoms with Crippen molar-refractivity contribution in [3.63, 3.8) is 0 Å². The van der Waals surface area contributed by atoms with Crippen LogP contribution in [0.4, 0.5) is 39.5 Å². The van der Waals surface area contributed by atoms with E-state index in [1.165, 1.54) is 7.05 Å². The van der Waals surface area contributed by atoms with E-state index in [-0.39, 0.29) is 11.2 Å². The van der Waals surface area contributed by atoms with Crippen molar-refractivity contribution in [3.8, 4) is 0 Å². The van der Waals surface area contributed by atoms with E-state index in [0.29, 0.717) is 0 Å². The predicted octanol–water partition coefficient (Wildman–Crippen LogP) is 1.63. The number of alkyl halides is 9. The van der Waals surface area contributed by atoms with Gasteiger partial charge < -0.3 is 18.8 Å². The Morgan fingerprint density at radius 2 is 1.62 bits per heavy atom. The standard InChI is InChI=1S/C17H12F9N5O6/c1-30-4-28-10-9(11(30)29-12(32)15(18,19)20)27-5-31(10)8-2-6(37-14(34)17(24,25)26)7(36-8)3-35-13(33)16(21,22)23/h4-8H,2-3H2,1H3/t6-,7+,8+/m0/s1. The van der Waals surface area contributed by atoms with E-state index in [2.05, 4.69) is 24.4 Å². The lowest BCUT2D eigenvalue weighted by molar-refractivity contribution is -0.212. The van der Waals surface area contributed by atoms with Crippen molar-refractivity contribution in [1.29, 1.82) is 0 Å². The average molecular weight is 553 g/mol. The van der Waals surface area contributed by atoms with Gasteiger partial charge in [0.15, 0.2) is 16.7 Å². The first-order chi connectivity index (χ1) is 16.9. The third-order valence-electron chi connectivity index (χ3n) is 4.71. The van der Waals surface area contributed by atoms with E-state index in [9.17, 15) is 53.9 Å². The fourth-order valence-electron chi connectivity index (χ4n) is 3.09. The van der Waals surface area contributed by atoms with Gasteiger partial charge in [0, 0.05) is 13.5 Å². The molecule has 1 saturated heterocycles. The second kappa shape index (κ2) is 9.63. The van der Waals surface area contributed by atoms with Gasteiger partial charge in [0.1, 0.15) is 25.0 Å². The zero-order valence-corrected chi connectivity index (χ0v) is 17.9. The highest BCUT2D eigenvalue weighted by molar-refractivity contribution is 5.83. The number of hydrogen-bond donors (Lipinski definition) is 0. The molecule has 3 rings (SSSR count). The molecule has 204 valence electrons. The first-order valence-electron chi connectivity index (χ1n) is 9.61. The maximum atomic E-state index is 12.7. The average Bonchev–Trinajstić information content (AvgIpc) is 3.35. The van der Waals surface area contributed by atoms with Crippen LogP contribution < -0.4 is 5.49 Å². The number of nitrogens with zero attached hydrogens (tertiary/aromatic N) is 5. The quantitative estimate of drug-likeness (QED) is 0.413. The van der Waals surface area contributed by atoms with Crippen molar-refractivity contribution in [3.05, 3.63) is 18.1 Å². The van der Waals surface area contributed by atoms with Crippen molar-refractivity contribution in [2.24, 2.45) is 12.0 Å². The van der Waals surface area contributed by atoms with E-state index >= 15 is 0 Å². The molecule has 0 spiro atoms. The number of hydrogen-bond acceptors (Lipinski definition) is 8. The number of aryl methyl sites for hydroxylation is 1. The summed E-state index contributed by atoms with van der Waals surface area (Å²) >= 11 is 0. The van der Waals surface area contributed by atoms with Crippen molar-refractivity contribution in [2.45, 2.75) is 43.4 Å². The number of carbonyl (C=O) groups is 3. The van der Waals surface area contributed by atoms with Crippen LogP contribution in [-0.2, 0) is 35.6 Å². The summed E-state index contributed by atoms with van der Waals surface area (Å²) in [6.45, 7) is -1.28. The molecule has 0 aromatic carbocycles. The van der Waals surface area contributed by atoms with Gasteiger partial charge in [-0.05, 0) is 0 Å². The SMILES string of the molecule is Cn1cnc2c(ncn2[C@H]2C[C@H](OC(=O)C(F)(F)F)[C@@H](COC(=O)C(F)(F)F)O2)c1=NC(=O)C(F)(F)F. The molecule has 11 nitrogen and oxygen atoms in total. The van der Waals surface area contributed by atoms with Crippen LogP contribution in [0.2, 0.25) is 0 Å². The largest absolute Gasteiger partial charge is 0.490 e. The van der Waals surface area contributed by atoms with Crippen LogP contribution in [0.3, 0.4) is 0 Å². The predicted molar refractivity (Wildman–Crippen MR) is 94.6 cm³/mol. The van der Waals surface area contributed by atoms with Crippen LogP contribution >= 0.6 is 0 Å². The molecular formula is C17H12F9N5O6. The van der Waals surface area contributed by atoms with E-state index in [1.807, 2.05) is 0 Å². The van der Waals surface area contributed by atoms with E-state index in [4.69, 9.17) is 4.74 Å². The number of carbonyl (C=O) groups excluding carboxylic acids is 3. The summed E-state index contributed by atoms with van der Waals surface area (Å²) in [5.74, 6) is -7.88. The Kier molecular flexibility index (Phi) is 7.26. The van der Waals surface area contributed by atoms with Crippen LogP contribution in [0.25, 0.3) is 11.2 Å². The van der Waals surface area contributed by atoms with Crippen molar-refractivity contribution < 1.29 is 68.1 Å². The smallest absolute Gasteiger partial charge is 0.456 e. The molecule has 0 unspecified atom stereocenters. The summed E-state index contributed by atoms with van der Waals surface area (Å²) in [6, 6.07) is 0. The first-order valence-corrected chi connectivity index (χ1v) is 9.61. The summed E-state index contributed by atoms with van der Waals surface area (Å²) < 4.78 is 129. The highest BCUT2D eigenvalue weighted by Crippen LogP contribution is 2.34. The third kappa shape index (κ3) is 6.17. The number of rotatable bonds is 4. The van der Waals surface area contributed by atoms with Gasteiger partial charge in [-0.2, -0.15) is 44.5 Å². The number of esters is 2. The minimum atomic E-state index is -5.48. The van der Waals surface area contributed by atoms with Crippen molar-refractivity contribution in [1.82, 2.24) is 19.1 Å². The van der Waals surface area contributed by atoms with Gasteiger partial charge in [-0.15, -0.1) is 0 Å². The fourth-order valence-corrected chi connectivity index (χ4v) is 3.09. The summed E-state index contributed by atoms with van der Waals surface area (Å²) in [5, 5.41) is 0. The minimum Gasteiger partial charge on any atom is -0.456 e. The number of ether oxygens (including phenoxy) is 3. The minimum absolute atomic E-state index is 0.300. The highest BCUT2D eigenvalue weighted by atomic mass is 19.4. The van der Waals surface area contributed by atoms with Crippen LogP contribution in [0.15, 0.2) is 17.6 Å². The molecule has 1 aliphatic rings. The van der Waals surface area contributed by atoms with Gasteiger partial charge in [-0.3, -0.25) is 9.36 Å². The number of halogens is 9. The molecule has 2 aromatic rings. The molecule has 1 amide bonds. The van der Waals surface area contributed by atoms with Crippen LogP contribution in [0, 0.1) is 0 Å². The molecule has 0 aliphatic carbocycles. The summed E-state index contributed by atoms with van der Waals surface area (Å²) in [7, 11) is 1.18. The van der Waals surface area contributed by atoms with E-state index in [0.717, 1.165) is 21.8 Å². The van der Waals surface area contributed by atoms with Crippen molar-refractivity contribution in [2.75, 3.05) is 6.61 Å². The van der Waals surface area contributed by atoms with Crippen LogP contribution in [-0.4, -0.2) is 74.3 Å². The van der Waals surface area contributed by atoms with Crippen LogP contribution in [0.5, 0.6) is 0 Å². The molecule has 0 N–H and O–H groups in total. The molecule has 3 atom stereocenters. The van der Waals surface area contributed by atoms with Gasteiger partial charge in [0.25, 0.3) is 0 Å². The Labute approximate surface area is 197 Å². The number of fused-ring (bicyclic) bond motifs is 1. The summed E-state index contributed by atoms with van der Waals surface area (Å²) in [6.07, 6.45) is -20.3. The topological polar surface area (TPSA) is 127 Å². The van der Waals surface area contributed by atoms with Gasteiger partial charge in [-0.25, -0.2) is 19.6 Å². The maximum Gasteiger partial charge on any atom is 0.490 e. The molecule has 0 bridgehead atoms. The number of imidazole rings is 1. The Morgan fingerprint density at radius 3 is 2.19 bits per heavy atom. The highest BCUT2D eigenvalue weighted by Gasteiger charge is 2.48. The maximum absolute atomic E-state index is 12.7. The molecule has 1 aliphatic heterocycles. The molecule has 3 heterocycles. The summed E-state index contributed by atoms with van der Waals surface area (Å²) in [5.41, 5.74) is -1.30. The lowest BCUT2D eigenvalue weighted by atomic mass is 10.2. The third-order valence-corrected chi connectivity index (χ3v) is 4.71. The summed E-state index contributed by atoms with van der Waals surface area (Å²) in [4.78, 5) is 44.2. The lowest BCUT2D eigenvalue weighted by Gasteiger charge is -2.19. The van der Waals surface area contributed by atoms with Gasteiger partial charge in [0.05, 0.1) is 12.7 Å². The zero-order valence-electron chi connectivity index (χ0n) is 17.9. The zero-order chi connectivity index (χ0) is 27.9. The number of aromatic nitrogens is 4. The molecule has 2 aromatic heterocycles. The van der Waals surface area contributed by atoms with Gasteiger partial charge in [-0.1, -0.05) is 0 Å². The Bertz CT molecular complexity index is 1280. The lowest BCUT2D eigenvalue weighted by Crippen LogP contribution is -2.37. The molecule has 0 radical (unpaired) electrons. The molecular weight excluding hydrogens is 541 g/mol. The molecule has 20 heteroatoms. The second-order valence-corrected chi connectivity index (χ2v) is 7.32. The van der Waals surface area contributed by atoms with Gasteiger partial charge >= 0.3 is 36.4 Å².